The van der Waals surface area contributed by atoms with E-state index in [-0.39, 0.29) is 0 Å². The van der Waals surface area contributed by atoms with Gasteiger partial charge in [0.2, 0.25) is 0 Å². The van der Waals surface area contributed by atoms with Crippen molar-refractivity contribution in [1.82, 2.24) is 9.55 Å². The first-order valence-electron chi connectivity index (χ1n) is 16.0. The van der Waals surface area contributed by atoms with Crippen molar-refractivity contribution in [2.24, 2.45) is 0 Å². The average Bonchev–Trinajstić information content (AvgIpc) is 3.36. The highest BCUT2D eigenvalue weighted by molar-refractivity contribution is 5.55. The SMILES string of the molecule is CCCCCCCCCCCCCCCCCCn1cc(CCCc2ccccc2)nc1-c1ccccc1. The van der Waals surface area contributed by atoms with Crippen LogP contribution in [-0.2, 0) is 19.4 Å². The van der Waals surface area contributed by atoms with Gasteiger partial charge in [0, 0.05) is 18.3 Å². The molecule has 0 aliphatic rings. The van der Waals surface area contributed by atoms with E-state index in [9.17, 15) is 0 Å². The van der Waals surface area contributed by atoms with Crippen molar-refractivity contribution in [1.29, 1.82) is 0 Å². The molecule has 0 aliphatic heterocycles. The number of aryl methyl sites for hydroxylation is 3. The number of hydrogen-bond donors (Lipinski definition) is 0. The third-order valence-electron chi connectivity index (χ3n) is 7.85. The van der Waals surface area contributed by atoms with Gasteiger partial charge in [-0.2, -0.15) is 0 Å². The van der Waals surface area contributed by atoms with Crippen molar-refractivity contribution in [3.8, 4) is 11.4 Å². The van der Waals surface area contributed by atoms with Gasteiger partial charge in [-0.15, -0.1) is 0 Å². The molecular weight excluding hydrogens is 460 g/mol. The zero-order valence-electron chi connectivity index (χ0n) is 24.4. The molecule has 0 spiro atoms. The predicted molar refractivity (Wildman–Crippen MR) is 166 cm³/mol. The molecule has 3 aromatic rings. The van der Waals surface area contributed by atoms with E-state index in [1.807, 2.05) is 0 Å². The molecule has 1 aromatic heterocycles. The Morgan fingerprint density at radius 1 is 0.526 bits per heavy atom. The molecule has 0 atom stereocenters. The molecule has 0 fully saturated rings. The molecule has 0 amide bonds. The van der Waals surface area contributed by atoms with Gasteiger partial charge in [0.1, 0.15) is 5.82 Å². The fourth-order valence-electron chi connectivity index (χ4n) is 5.53. The van der Waals surface area contributed by atoms with Gasteiger partial charge in [0.15, 0.2) is 0 Å². The minimum Gasteiger partial charge on any atom is -0.331 e. The maximum atomic E-state index is 5.07. The van der Waals surface area contributed by atoms with Crippen molar-refractivity contribution in [3.63, 3.8) is 0 Å². The van der Waals surface area contributed by atoms with Crippen LogP contribution in [0.2, 0.25) is 0 Å². The summed E-state index contributed by atoms with van der Waals surface area (Å²) in [4.78, 5) is 5.07. The summed E-state index contributed by atoms with van der Waals surface area (Å²) in [6.07, 6.45) is 28.2. The van der Waals surface area contributed by atoms with Crippen LogP contribution in [0.15, 0.2) is 66.9 Å². The van der Waals surface area contributed by atoms with Crippen LogP contribution in [0.1, 0.15) is 127 Å². The van der Waals surface area contributed by atoms with Crippen LogP contribution in [0.4, 0.5) is 0 Å². The van der Waals surface area contributed by atoms with Crippen LogP contribution in [0.5, 0.6) is 0 Å². The smallest absolute Gasteiger partial charge is 0.140 e. The summed E-state index contributed by atoms with van der Waals surface area (Å²) in [7, 11) is 0. The Balaban J connectivity index is 1.28. The molecule has 0 bridgehead atoms. The molecule has 1 heterocycles. The summed E-state index contributed by atoms with van der Waals surface area (Å²) in [5.41, 5.74) is 3.89. The molecule has 0 unspecified atom stereocenters. The lowest BCUT2D eigenvalue weighted by Crippen LogP contribution is -1.99. The Hall–Kier alpha value is -2.35. The predicted octanol–water partition coefficient (Wildman–Crippen LogP) is 11.0. The summed E-state index contributed by atoms with van der Waals surface area (Å²) in [5, 5.41) is 0. The van der Waals surface area contributed by atoms with Crippen LogP contribution >= 0.6 is 0 Å². The lowest BCUT2D eigenvalue weighted by Gasteiger charge is -2.08. The minimum absolute atomic E-state index is 1.04. The summed E-state index contributed by atoms with van der Waals surface area (Å²) < 4.78 is 2.41. The summed E-state index contributed by atoms with van der Waals surface area (Å²) in [6, 6.07) is 21.5. The molecule has 0 saturated carbocycles. The monoisotopic (exact) mass is 514 g/mol. The highest BCUT2D eigenvalue weighted by Gasteiger charge is 2.10. The van der Waals surface area contributed by atoms with Crippen molar-refractivity contribution >= 4 is 0 Å². The van der Waals surface area contributed by atoms with E-state index < -0.39 is 0 Å². The average molecular weight is 515 g/mol. The maximum Gasteiger partial charge on any atom is 0.140 e. The fraction of sp³-hybridized carbons (Fsp3) is 0.583. The van der Waals surface area contributed by atoms with Crippen LogP contribution < -0.4 is 0 Å². The first-order chi connectivity index (χ1) is 18.9. The van der Waals surface area contributed by atoms with Crippen LogP contribution in [0.25, 0.3) is 11.4 Å². The Labute approximate surface area is 234 Å². The first kappa shape index (κ1) is 30.2. The second-order valence-electron chi connectivity index (χ2n) is 11.3. The van der Waals surface area contributed by atoms with Gasteiger partial charge in [-0.3, -0.25) is 0 Å². The number of benzene rings is 2. The van der Waals surface area contributed by atoms with E-state index >= 15 is 0 Å². The van der Waals surface area contributed by atoms with E-state index in [2.05, 4.69) is 78.4 Å². The second-order valence-corrected chi connectivity index (χ2v) is 11.3. The number of nitrogens with zero attached hydrogens (tertiary/aromatic N) is 2. The van der Waals surface area contributed by atoms with E-state index in [0.29, 0.717) is 0 Å². The van der Waals surface area contributed by atoms with E-state index in [1.165, 1.54) is 120 Å². The Bertz CT molecular complexity index is 944. The number of imidazole rings is 1. The largest absolute Gasteiger partial charge is 0.331 e. The summed E-state index contributed by atoms with van der Waals surface area (Å²) >= 11 is 0. The minimum atomic E-state index is 1.04. The lowest BCUT2D eigenvalue weighted by molar-refractivity contribution is 0.521. The molecule has 2 heteroatoms. The molecule has 38 heavy (non-hydrogen) atoms. The first-order valence-corrected chi connectivity index (χ1v) is 16.0. The van der Waals surface area contributed by atoms with Crippen molar-refractivity contribution in [2.75, 3.05) is 0 Å². The standard InChI is InChI=1S/C36H54N2/c1-2-3-4-5-6-7-8-9-10-11-12-13-14-15-16-23-31-38-32-35(30-24-27-33-25-19-17-20-26-33)37-36(38)34-28-21-18-22-29-34/h17-22,25-26,28-29,32H,2-16,23-24,27,30-31H2,1H3. The van der Waals surface area contributed by atoms with E-state index in [4.69, 9.17) is 4.98 Å². The molecule has 3 rings (SSSR count). The van der Waals surface area contributed by atoms with Crippen molar-refractivity contribution in [2.45, 2.75) is 135 Å². The Kier molecular flexibility index (Phi) is 15.6. The fourth-order valence-corrected chi connectivity index (χ4v) is 5.53. The van der Waals surface area contributed by atoms with Gasteiger partial charge in [-0.25, -0.2) is 4.98 Å². The normalized spacial score (nSPS) is 11.3. The third-order valence-corrected chi connectivity index (χ3v) is 7.85. The molecule has 208 valence electrons. The highest BCUT2D eigenvalue weighted by Crippen LogP contribution is 2.21. The third kappa shape index (κ3) is 12.5. The zero-order chi connectivity index (χ0) is 26.5. The van der Waals surface area contributed by atoms with Gasteiger partial charge in [-0.1, -0.05) is 164 Å². The lowest BCUT2D eigenvalue weighted by atomic mass is 10.0. The summed E-state index contributed by atoms with van der Waals surface area (Å²) in [5.74, 6) is 1.14. The molecule has 0 aliphatic carbocycles. The number of unbranched alkanes of at least 4 members (excludes halogenated alkanes) is 15. The maximum absolute atomic E-state index is 5.07. The molecule has 2 nitrogen and oxygen atoms in total. The van der Waals surface area contributed by atoms with Gasteiger partial charge < -0.3 is 4.57 Å². The quantitative estimate of drug-likeness (QED) is 0.122. The molecule has 0 N–H and O–H groups in total. The number of rotatable bonds is 22. The van der Waals surface area contributed by atoms with Gasteiger partial charge >= 0.3 is 0 Å². The number of aromatic nitrogens is 2. The van der Waals surface area contributed by atoms with Crippen molar-refractivity contribution in [3.05, 3.63) is 78.1 Å². The van der Waals surface area contributed by atoms with Gasteiger partial charge in [-0.05, 0) is 31.2 Å². The molecule has 2 aromatic carbocycles. The molecular formula is C36H54N2. The molecule has 0 radical (unpaired) electrons. The Morgan fingerprint density at radius 3 is 1.58 bits per heavy atom. The topological polar surface area (TPSA) is 17.8 Å². The van der Waals surface area contributed by atoms with Gasteiger partial charge in [0.05, 0.1) is 5.69 Å². The van der Waals surface area contributed by atoms with E-state index in [1.54, 1.807) is 0 Å². The molecule has 0 saturated heterocycles. The Morgan fingerprint density at radius 2 is 1.03 bits per heavy atom. The zero-order valence-corrected chi connectivity index (χ0v) is 24.4. The summed E-state index contributed by atoms with van der Waals surface area (Å²) in [6.45, 7) is 3.38. The highest BCUT2D eigenvalue weighted by atomic mass is 15.1. The van der Waals surface area contributed by atoms with Gasteiger partial charge in [0.25, 0.3) is 0 Å². The van der Waals surface area contributed by atoms with Crippen LogP contribution in [-0.4, -0.2) is 9.55 Å². The van der Waals surface area contributed by atoms with E-state index in [0.717, 1.165) is 31.6 Å². The second kappa shape index (κ2) is 19.7. The van der Waals surface area contributed by atoms with Crippen LogP contribution in [0, 0.1) is 0 Å². The number of hydrogen-bond acceptors (Lipinski definition) is 1. The van der Waals surface area contributed by atoms with Crippen LogP contribution in [0.3, 0.4) is 0 Å². The van der Waals surface area contributed by atoms with Crippen molar-refractivity contribution < 1.29 is 0 Å².